The predicted octanol–water partition coefficient (Wildman–Crippen LogP) is 1.35. The van der Waals surface area contributed by atoms with Crippen molar-refractivity contribution in [2.45, 2.75) is 38.3 Å². The van der Waals surface area contributed by atoms with E-state index in [1.54, 1.807) is 0 Å². The molecule has 1 aliphatic rings. The van der Waals surface area contributed by atoms with Gasteiger partial charge in [-0.05, 0) is 51.3 Å². The average molecular weight is 274 g/mol. The van der Waals surface area contributed by atoms with Crippen molar-refractivity contribution in [3.8, 4) is 0 Å². The van der Waals surface area contributed by atoms with Crippen LogP contribution in [0.5, 0.6) is 0 Å². The Morgan fingerprint density at radius 1 is 1.50 bits per heavy atom. The quantitative estimate of drug-likeness (QED) is 0.761. The van der Waals surface area contributed by atoms with E-state index in [4.69, 9.17) is 4.74 Å². The molecule has 0 aromatic heterocycles. The fourth-order valence-electron chi connectivity index (χ4n) is 1.98. The summed E-state index contributed by atoms with van der Waals surface area (Å²) in [6.45, 7) is 4.32. The molecule has 1 heterocycles. The minimum Gasteiger partial charge on any atom is -0.368 e. The first kappa shape index (κ1) is 15.8. The first-order valence-electron chi connectivity index (χ1n) is 6.72. The number of amides is 1. The second kappa shape index (κ2) is 8.77. The van der Waals surface area contributed by atoms with Gasteiger partial charge in [-0.2, -0.15) is 11.8 Å². The van der Waals surface area contributed by atoms with Crippen molar-refractivity contribution < 1.29 is 9.53 Å². The van der Waals surface area contributed by atoms with Crippen molar-refractivity contribution in [3.05, 3.63) is 0 Å². The third kappa shape index (κ3) is 5.59. The van der Waals surface area contributed by atoms with Gasteiger partial charge in [-0.1, -0.05) is 0 Å². The summed E-state index contributed by atoms with van der Waals surface area (Å²) in [6.07, 6.45) is 5.41. The number of carbonyl (C=O) groups is 1. The molecule has 0 spiro atoms. The van der Waals surface area contributed by atoms with Crippen LogP contribution >= 0.6 is 11.8 Å². The minimum atomic E-state index is 0.0992. The molecule has 1 amide bonds. The van der Waals surface area contributed by atoms with Gasteiger partial charge in [0.15, 0.2) is 0 Å². The maximum Gasteiger partial charge on any atom is 0.248 e. The molecule has 5 heteroatoms. The summed E-state index contributed by atoms with van der Waals surface area (Å²) in [6, 6.07) is 0.293. The summed E-state index contributed by atoms with van der Waals surface area (Å²) in [4.78, 5) is 13.8. The molecule has 0 bridgehead atoms. The zero-order valence-electron chi connectivity index (χ0n) is 11.8. The molecule has 0 radical (unpaired) electrons. The van der Waals surface area contributed by atoms with Crippen LogP contribution in [0.4, 0.5) is 0 Å². The van der Waals surface area contributed by atoms with E-state index in [0.717, 1.165) is 38.1 Å². The third-order valence-corrected chi connectivity index (χ3v) is 4.17. The molecular formula is C13H26N2O2S. The molecule has 0 aliphatic carbocycles. The van der Waals surface area contributed by atoms with E-state index >= 15 is 0 Å². The standard InChI is InChI=1S/C13H26N2O2S/c1-11(6-9-18-3)15(2)13(16)10-17-12-4-7-14-8-5-12/h11-12,14H,4-10H2,1-3H3. The molecule has 1 aliphatic heterocycles. The van der Waals surface area contributed by atoms with Gasteiger partial charge in [-0.15, -0.1) is 0 Å². The van der Waals surface area contributed by atoms with E-state index in [1.807, 2.05) is 23.7 Å². The second-order valence-corrected chi connectivity index (χ2v) is 5.88. The lowest BCUT2D eigenvalue weighted by atomic mass is 10.1. The van der Waals surface area contributed by atoms with Crippen LogP contribution < -0.4 is 5.32 Å². The minimum absolute atomic E-state index is 0.0992. The molecule has 1 atom stereocenters. The van der Waals surface area contributed by atoms with Gasteiger partial charge in [0, 0.05) is 13.1 Å². The largest absolute Gasteiger partial charge is 0.368 e. The summed E-state index contributed by atoms with van der Waals surface area (Å²) in [7, 11) is 1.87. The lowest BCUT2D eigenvalue weighted by Gasteiger charge is -2.27. The maximum atomic E-state index is 12.0. The molecule has 18 heavy (non-hydrogen) atoms. The Bertz CT molecular complexity index is 245. The molecule has 1 rings (SSSR count). The zero-order valence-corrected chi connectivity index (χ0v) is 12.6. The third-order valence-electron chi connectivity index (χ3n) is 3.52. The maximum absolute atomic E-state index is 12.0. The Morgan fingerprint density at radius 3 is 2.78 bits per heavy atom. The zero-order chi connectivity index (χ0) is 13.4. The lowest BCUT2D eigenvalue weighted by molar-refractivity contribution is -0.139. The van der Waals surface area contributed by atoms with Gasteiger partial charge in [0.05, 0.1) is 6.10 Å². The summed E-state index contributed by atoms with van der Waals surface area (Å²) >= 11 is 1.82. The normalized spacial score (nSPS) is 18.6. The summed E-state index contributed by atoms with van der Waals surface area (Å²) < 4.78 is 5.68. The number of carbonyl (C=O) groups excluding carboxylic acids is 1. The van der Waals surface area contributed by atoms with Crippen LogP contribution in [-0.2, 0) is 9.53 Å². The van der Waals surface area contributed by atoms with Crippen molar-refractivity contribution in [1.82, 2.24) is 10.2 Å². The summed E-state index contributed by atoms with van der Waals surface area (Å²) in [5, 5.41) is 3.29. The molecule has 0 aromatic carbocycles. The van der Waals surface area contributed by atoms with Gasteiger partial charge < -0.3 is 15.0 Å². The van der Waals surface area contributed by atoms with Crippen LogP contribution in [0.15, 0.2) is 0 Å². The van der Waals surface area contributed by atoms with Gasteiger partial charge in [-0.25, -0.2) is 0 Å². The van der Waals surface area contributed by atoms with Crippen molar-refractivity contribution in [2.75, 3.05) is 38.8 Å². The van der Waals surface area contributed by atoms with E-state index in [0.29, 0.717) is 6.04 Å². The highest BCUT2D eigenvalue weighted by molar-refractivity contribution is 7.98. The molecule has 1 unspecified atom stereocenters. The van der Waals surface area contributed by atoms with E-state index in [9.17, 15) is 4.79 Å². The van der Waals surface area contributed by atoms with Gasteiger partial charge in [0.2, 0.25) is 5.91 Å². The SMILES string of the molecule is CSCCC(C)N(C)C(=O)COC1CCNCC1. The Balaban J connectivity index is 2.21. The fraction of sp³-hybridized carbons (Fsp3) is 0.923. The molecule has 1 fully saturated rings. The molecule has 1 N–H and O–H groups in total. The number of thioether (sulfide) groups is 1. The second-order valence-electron chi connectivity index (χ2n) is 4.90. The van der Waals surface area contributed by atoms with Crippen molar-refractivity contribution in [3.63, 3.8) is 0 Å². The smallest absolute Gasteiger partial charge is 0.248 e. The summed E-state index contributed by atoms with van der Waals surface area (Å²) in [5.74, 6) is 1.19. The topological polar surface area (TPSA) is 41.6 Å². The van der Waals surface area contributed by atoms with E-state index in [2.05, 4.69) is 18.5 Å². The number of rotatable bonds is 7. The van der Waals surface area contributed by atoms with Crippen LogP contribution in [-0.4, -0.2) is 61.7 Å². The Morgan fingerprint density at radius 2 is 2.17 bits per heavy atom. The number of nitrogens with zero attached hydrogens (tertiary/aromatic N) is 1. The average Bonchev–Trinajstić information content (AvgIpc) is 2.42. The van der Waals surface area contributed by atoms with Crippen LogP contribution in [0.1, 0.15) is 26.2 Å². The first-order chi connectivity index (χ1) is 8.65. The van der Waals surface area contributed by atoms with Crippen molar-refractivity contribution >= 4 is 17.7 Å². The Hall–Kier alpha value is -0.260. The van der Waals surface area contributed by atoms with Gasteiger partial charge >= 0.3 is 0 Å². The number of likely N-dealkylation sites (N-methyl/N-ethyl adjacent to an activating group) is 1. The van der Waals surface area contributed by atoms with Crippen molar-refractivity contribution in [2.24, 2.45) is 0 Å². The summed E-state index contributed by atoms with van der Waals surface area (Å²) in [5.41, 5.74) is 0. The van der Waals surface area contributed by atoms with Crippen LogP contribution in [0.2, 0.25) is 0 Å². The van der Waals surface area contributed by atoms with E-state index in [-0.39, 0.29) is 18.6 Å². The van der Waals surface area contributed by atoms with Gasteiger partial charge in [0.25, 0.3) is 0 Å². The molecular weight excluding hydrogens is 248 g/mol. The predicted molar refractivity (Wildman–Crippen MR) is 77.1 cm³/mol. The van der Waals surface area contributed by atoms with Crippen LogP contribution in [0.25, 0.3) is 0 Å². The number of hydrogen-bond donors (Lipinski definition) is 1. The van der Waals surface area contributed by atoms with E-state index < -0.39 is 0 Å². The number of piperidine rings is 1. The Kier molecular flexibility index (Phi) is 7.70. The first-order valence-corrected chi connectivity index (χ1v) is 8.11. The number of ether oxygens (including phenoxy) is 1. The number of hydrogen-bond acceptors (Lipinski definition) is 4. The molecule has 0 saturated carbocycles. The van der Waals surface area contributed by atoms with Crippen molar-refractivity contribution in [1.29, 1.82) is 0 Å². The molecule has 0 aromatic rings. The monoisotopic (exact) mass is 274 g/mol. The highest BCUT2D eigenvalue weighted by Crippen LogP contribution is 2.09. The number of nitrogens with one attached hydrogen (secondary N) is 1. The van der Waals surface area contributed by atoms with Gasteiger partial charge in [0.1, 0.15) is 6.61 Å². The lowest BCUT2D eigenvalue weighted by Crippen LogP contribution is -2.40. The van der Waals surface area contributed by atoms with E-state index in [1.165, 1.54) is 0 Å². The van der Waals surface area contributed by atoms with Gasteiger partial charge in [-0.3, -0.25) is 4.79 Å². The fourth-order valence-corrected chi connectivity index (χ4v) is 2.56. The highest BCUT2D eigenvalue weighted by Gasteiger charge is 2.19. The highest BCUT2D eigenvalue weighted by atomic mass is 32.2. The molecule has 106 valence electrons. The molecule has 4 nitrogen and oxygen atoms in total. The van der Waals surface area contributed by atoms with Crippen LogP contribution in [0.3, 0.4) is 0 Å². The molecule has 1 saturated heterocycles. The Labute approximate surface area is 115 Å². The van der Waals surface area contributed by atoms with Crippen LogP contribution in [0, 0.1) is 0 Å².